The van der Waals surface area contributed by atoms with E-state index in [0.717, 1.165) is 28.4 Å². The van der Waals surface area contributed by atoms with Crippen LogP contribution in [0.3, 0.4) is 0 Å². The lowest BCUT2D eigenvalue weighted by molar-refractivity contribution is -0.417. The third-order valence-electron chi connectivity index (χ3n) is 6.37. The van der Waals surface area contributed by atoms with Gasteiger partial charge in [-0.1, -0.05) is 87.5 Å². The van der Waals surface area contributed by atoms with E-state index in [4.69, 9.17) is 4.98 Å². The standard InChI is InChI=1S/C31H32N2S/c1-20(2)13-26-16-24-15-25(19-32-30(24)34-26)21-11-12-33(6)29(18-21)23-14-22-9-7-8-10-27(22)28(17-23)31(3,4)5/h7-12,14-20H,6,13H2,1-5H3. The van der Waals surface area contributed by atoms with Crippen molar-refractivity contribution in [3.63, 3.8) is 0 Å². The minimum atomic E-state index is 0.0425. The first-order valence-electron chi connectivity index (χ1n) is 12.0. The summed E-state index contributed by atoms with van der Waals surface area (Å²) in [6, 6.07) is 19.0. The summed E-state index contributed by atoms with van der Waals surface area (Å²) in [6.07, 6.45) is 9.54. The Hall–Kier alpha value is -3.17. The molecule has 0 bridgehead atoms. The summed E-state index contributed by atoms with van der Waals surface area (Å²) in [5.74, 6) is 0.650. The molecule has 34 heavy (non-hydrogen) atoms. The topological polar surface area (TPSA) is 15.9 Å². The third-order valence-corrected chi connectivity index (χ3v) is 7.45. The highest BCUT2D eigenvalue weighted by molar-refractivity contribution is 7.18. The zero-order valence-electron chi connectivity index (χ0n) is 20.7. The number of hydrogen-bond acceptors (Lipinski definition) is 1. The highest BCUT2D eigenvalue weighted by Gasteiger charge is 2.22. The van der Waals surface area contributed by atoms with Gasteiger partial charge in [0.2, 0.25) is 0 Å². The summed E-state index contributed by atoms with van der Waals surface area (Å²) in [4.78, 5) is 7.32. The Balaban J connectivity index is 1.57. The van der Waals surface area contributed by atoms with Gasteiger partial charge in [-0.15, -0.1) is 12.1 Å². The van der Waals surface area contributed by atoms with E-state index in [1.54, 1.807) is 0 Å². The Morgan fingerprint density at radius 1 is 1.09 bits per heavy atom. The number of hydrogen-bond donors (Lipinski definition) is 0. The fourth-order valence-corrected chi connectivity index (χ4v) is 5.87. The van der Waals surface area contributed by atoms with Crippen molar-refractivity contribution in [2.24, 2.45) is 5.92 Å². The largest absolute Gasteiger partial charge is 0.276 e. The molecule has 2 aromatic heterocycles. The number of fused-ring (bicyclic) bond motifs is 2. The quantitative estimate of drug-likeness (QED) is 0.169. The Bertz CT molecular complexity index is 1460. The van der Waals surface area contributed by atoms with Gasteiger partial charge >= 0.3 is 0 Å². The van der Waals surface area contributed by atoms with Crippen molar-refractivity contribution >= 4 is 44.6 Å². The summed E-state index contributed by atoms with van der Waals surface area (Å²) in [7, 11) is 0. The number of rotatable bonds is 4. The molecule has 3 heteroatoms. The first-order valence-corrected chi connectivity index (χ1v) is 12.8. The van der Waals surface area contributed by atoms with Gasteiger partial charge in [-0.25, -0.2) is 0 Å². The predicted octanol–water partition coefficient (Wildman–Crippen LogP) is 8.15. The van der Waals surface area contributed by atoms with Gasteiger partial charge in [0.1, 0.15) is 17.1 Å². The molecule has 0 saturated carbocycles. The predicted molar refractivity (Wildman–Crippen MR) is 148 cm³/mol. The summed E-state index contributed by atoms with van der Waals surface area (Å²) in [6.45, 7) is 15.7. The molecule has 0 atom stereocenters. The first-order chi connectivity index (χ1) is 16.2. The van der Waals surface area contributed by atoms with Crippen LogP contribution in [-0.4, -0.2) is 16.3 Å². The van der Waals surface area contributed by atoms with Gasteiger partial charge in [0, 0.05) is 6.20 Å². The number of thiophene rings is 1. The molecule has 0 aliphatic carbocycles. The first kappa shape index (κ1) is 22.6. The summed E-state index contributed by atoms with van der Waals surface area (Å²) >= 11 is 1.81. The molecular weight excluding hydrogens is 432 g/mol. The molecule has 0 saturated heterocycles. The second-order valence-electron chi connectivity index (χ2n) is 10.7. The van der Waals surface area contributed by atoms with Crippen LogP contribution in [0, 0.1) is 12.0 Å². The summed E-state index contributed by atoms with van der Waals surface area (Å²) in [5, 5.41) is 3.80. The second kappa shape index (κ2) is 8.56. The molecule has 0 radical (unpaired) electrons. The maximum atomic E-state index is 4.79. The van der Waals surface area contributed by atoms with Gasteiger partial charge in [0.25, 0.3) is 0 Å². The number of aromatic nitrogens is 1. The average Bonchev–Trinajstić information content (AvgIpc) is 3.18. The molecular formula is C31H32N2S. The van der Waals surface area contributed by atoms with Crippen molar-refractivity contribution in [2.75, 3.05) is 0 Å². The van der Waals surface area contributed by atoms with Crippen molar-refractivity contribution < 1.29 is 4.58 Å². The Morgan fingerprint density at radius 3 is 2.65 bits per heavy atom. The maximum absolute atomic E-state index is 4.79. The van der Waals surface area contributed by atoms with E-state index < -0.39 is 0 Å². The van der Waals surface area contributed by atoms with Gasteiger partial charge in [0.05, 0.1) is 18.1 Å². The number of allylic oxidation sites excluding steroid dienone is 2. The van der Waals surface area contributed by atoms with Crippen molar-refractivity contribution in [2.45, 2.75) is 46.5 Å². The third kappa shape index (κ3) is 4.33. The SMILES string of the molecule is C=[N+]1C=CC(c2cnc3[s+][c-](CC(C)C)cc3c2)=C[C-]1c1cc(C(C)(C)C)c2ccccc2c1. The molecule has 0 N–H and O–H groups in total. The average molecular weight is 465 g/mol. The fourth-order valence-electron chi connectivity index (χ4n) is 4.68. The van der Waals surface area contributed by atoms with Crippen molar-refractivity contribution in [1.82, 2.24) is 4.98 Å². The molecule has 0 amide bonds. The fraction of sp³-hybridized carbons (Fsp3) is 0.258. The maximum Gasteiger partial charge on any atom is 0.177 e. The van der Waals surface area contributed by atoms with Crippen LogP contribution in [0.1, 0.15) is 56.2 Å². The normalized spacial score (nSPS) is 14.5. The van der Waals surface area contributed by atoms with Gasteiger partial charge in [-0.05, 0) is 51.8 Å². The Labute approximate surface area is 207 Å². The van der Waals surface area contributed by atoms with Crippen molar-refractivity contribution in [3.05, 3.63) is 101 Å². The molecule has 172 valence electrons. The minimum Gasteiger partial charge on any atom is -0.276 e. The van der Waals surface area contributed by atoms with E-state index in [2.05, 4.69) is 108 Å². The van der Waals surface area contributed by atoms with E-state index in [-0.39, 0.29) is 5.41 Å². The molecule has 2 nitrogen and oxygen atoms in total. The minimum absolute atomic E-state index is 0.0425. The van der Waals surface area contributed by atoms with Crippen LogP contribution < -0.4 is 0 Å². The van der Waals surface area contributed by atoms with Crippen LogP contribution in [-0.2, 0) is 11.8 Å². The highest BCUT2D eigenvalue weighted by atomic mass is 32.1. The number of nitrogens with zero attached hydrogens (tertiary/aromatic N) is 2. The number of pyridine rings is 1. The lowest BCUT2D eigenvalue weighted by Crippen LogP contribution is -2.17. The van der Waals surface area contributed by atoms with Crippen LogP contribution in [0.5, 0.6) is 0 Å². The van der Waals surface area contributed by atoms with Gasteiger partial charge < -0.3 is 0 Å². The van der Waals surface area contributed by atoms with Crippen LogP contribution in [0.15, 0.2) is 73.1 Å². The molecule has 0 unspecified atom stereocenters. The van der Waals surface area contributed by atoms with E-state index in [0.29, 0.717) is 5.92 Å². The zero-order chi connectivity index (χ0) is 24.0. The molecule has 1 aliphatic heterocycles. The molecule has 3 heterocycles. The zero-order valence-corrected chi connectivity index (χ0v) is 21.5. The monoisotopic (exact) mass is 464 g/mol. The lowest BCUT2D eigenvalue weighted by atomic mass is 9.81. The van der Waals surface area contributed by atoms with Crippen molar-refractivity contribution in [3.8, 4) is 0 Å². The van der Waals surface area contributed by atoms with Crippen LogP contribution >= 0.6 is 11.3 Å². The molecule has 5 rings (SSSR count). The molecule has 2 aromatic carbocycles. The molecule has 0 fully saturated rings. The van der Waals surface area contributed by atoms with E-state index in [1.807, 2.05) is 22.1 Å². The smallest absolute Gasteiger partial charge is 0.177 e. The summed E-state index contributed by atoms with van der Waals surface area (Å²) in [5.41, 5.74) is 4.88. The second-order valence-corrected chi connectivity index (χ2v) is 11.8. The lowest BCUT2D eigenvalue weighted by Gasteiger charge is -2.27. The number of benzene rings is 2. The highest BCUT2D eigenvalue weighted by Crippen LogP contribution is 2.36. The molecule has 4 aromatic rings. The van der Waals surface area contributed by atoms with Crippen LogP contribution in [0.4, 0.5) is 0 Å². The van der Waals surface area contributed by atoms with Gasteiger partial charge in [0.15, 0.2) is 4.83 Å². The van der Waals surface area contributed by atoms with E-state index >= 15 is 0 Å². The van der Waals surface area contributed by atoms with Gasteiger partial charge in [-0.3, -0.25) is 9.56 Å². The molecule has 0 spiro atoms. The van der Waals surface area contributed by atoms with Crippen LogP contribution in [0.2, 0.25) is 0 Å². The Kier molecular flexibility index (Phi) is 5.69. The van der Waals surface area contributed by atoms with E-state index in [9.17, 15) is 0 Å². The van der Waals surface area contributed by atoms with Crippen LogP contribution in [0.25, 0.3) is 26.6 Å². The van der Waals surface area contributed by atoms with Crippen molar-refractivity contribution in [1.29, 1.82) is 0 Å². The Morgan fingerprint density at radius 2 is 1.88 bits per heavy atom. The van der Waals surface area contributed by atoms with Gasteiger partial charge in [-0.2, -0.15) is 0 Å². The molecule has 1 aliphatic rings. The summed E-state index contributed by atoms with van der Waals surface area (Å²) < 4.78 is 1.97. The van der Waals surface area contributed by atoms with E-state index in [1.165, 1.54) is 32.2 Å².